The number of benzene rings is 1. The molecule has 0 amide bonds. The van der Waals surface area contributed by atoms with Gasteiger partial charge in [0.2, 0.25) is 5.75 Å². The Labute approximate surface area is 155 Å². The SMILES string of the molecule is COCn1c(C)nc(C)c(OC[C@@]2(c3cccc(F)c3)C[C@H]2C(=O)O)c1=O. The van der Waals surface area contributed by atoms with Crippen molar-refractivity contribution in [2.45, 2.75) is 32.4 Å². The number of nitrogens with zero attached hydrogens (tertiary/aromatic N) is 2. The minimum absolute atomic E-state index is 0.0289. The molecular formula is C19H21FN2O5. The summed E-state index contributed by atoms with van der Waals surface area (Å²) in [5.74, 6) is -1.58. The van der Waals surface area contributed by atoms with Crippen molar-refractivity contribution in [1.82, 2.24) is 9.55 Å². The molecular weight excluding hydrogens is 355 g/mol. The van der Waals surface area contributed by atoms with Crippen molar-refractivity contribution in [2.75, 3.05) is 13.7 Å². The third-order valence-corrected chi connectivity index (χ3v) is 4.99. The number of halogens is 1. The zero-order valence-electron chi connectivity index (χ0n) is 15.4. The molecule has 7 nitrogen and oxygen atoms in total. The normalized spacial score (nSPS) is 21.1. The van der Waals surface area contributed by atoms with Crippen LogP contribution in [0.2, 0.25) is 0 Å². The van der Waals surface area contributed by atoms with Crippen LogP contribution >= 0.6 is 0 Å². The zero-order chi connectivity index (χ0) is 19.8. The van der Waals surface area contributed by atoms with Crippen LogP contribution in [0.1, 0.15) is 23.5 Å². The first kappa shape index (κ1) is 19.0. The summed E-state index contributed by atoms with van der Waals surface area (Å²) in [6.45, 7) is 3.31. The van der Waals surface area contributed by atoms with E-state index in [-0.39, 0.29) is 19.1 Å². The van der Waals surface area contributed by atoms with E-state index in [1.807, 2.05) is 0 Å². The number of methoxy groups -OCH3 is 1. The van der Waals surface area contributed by atoms with E-state index >= 15 is 0 Å². The number of aryl methyl sites for hydroxylation is 2. The number of aromatic nitrogens is 2. The third-order valence-electron chi connectivity index (χ3n) is 4.99. The number of hydrogen-bond acceptors (Lipinski definition) is 5. The summed E-state index contributed by atoms with van der Waals surface area (Å²) in [6, 6.07) is 5.83. The molecule has 3 rings (SSSR count). The quantitative estimate of drug-likeness (QED) is 0.795. The first-order valence-electron chi connectivity index (χ1n) is 8.49. The summed E-state index contributed by atoms with van der Waals surface area (Å²) in [5.41, 5.74) is -0.315. The summed E-state index contributed by atoms with van der Waals surface area (Å²) in [6.07, 6.45) is 0.316. The molecule has 0 bridgehead atoms. The van der Waals surface area contributed by atoms with Crippen molar-refractivity contribution in [1.29, 1.82) is 0 Å². The molecule has 1 N–H and O–H groups in total. The Balaban J connectivity index is 1.93. The molecule has 1 aromatic heterocycles. The van der Waals surface area contributed by atoms with Gasteiger partial charge in [-0.05, 0) is 38.0 Å². The number of carboxylic acid groups (broad SMARTS) is 1. The van der Waals surface area contributed by atoms with Gasteiger partial charge < -0.3 is 14.6 Å². The van der Waals surface area contributed by atoms with Gasteiger partial charge in [-0.1, -0.05) is 12.1 Å². The molecule has 0 unspecified atom stereocenters. The number of ether oxygens (including phenoxy) is 2. The third kappa shape index (κ3) is 3.44. The number of hydrogen-bond donors (Lipinski definition) is 1. The van der Waals surface area contributed by atoms with Crippen molar-refractivity contribution in [3.63, 3.8) is 0 Å². The molecule has 1 saturated carbocycles. The number of carbonyl (C=O) groups is 1. The van der Waals surface area contributed by atoms with Crippen LogP contribution in [0.5, 0.6) is 5.75 Å². The average Bonchev–Trinajstić information content (AvgIpc) is 3.35. The summed E-state index contributed by atoms with van der Waals surface area (Å²) >= 11 is 0. The van der Waals surface area contributed by atoms with Crippen molar-refractivity contribution in [3.05, 3.63) is 57.5 Å². The highest BCUT2D eigenvalue weighted by atomic mass is 19.1. The molecule has 0 aliphatic heterocycles. The lowest BCUT2D eigenvalue weighted by Gasteiger charge is -2.19. The smallest absolute Gasteiger partial charge is 0.307 e. The first-order chi connectivity index (χ1) is 12.8. The number of carboxylic acids is 1. The fourth-order valence-corrected chi connectivity index (χ4v) is 3.42. The van der Waals surface area contributed by atoms with Crippen molar-refractivity contribution in [2.24, 2.45) is 5.92 Å². The molecule has 27 heavy (non-hydrogen) atoms. The predicted octanol–water partition coefficient (Wildman–Crippen LogP) is 2.02. The van der Waals surface area contributed by atoms with Gasteiger partial charge in [-0.25, -0.2) is 9.37 Å². The standard InChI is InChI=1S/C19H21FN2O5/c1-11-16(17(23)22(10-26-3)12(2)21-11)27-9-19(8-15(19)18(24)25)13-5-4-6-14(20)7-13/h4-7,15H,8-10H2,1-3H3,(H,24,25)/t15-,19+/m0/s1. The van der Waals surface area contributed by atoms with Crippen LogP contribution in [0.15, 0.2) is 29.1 Å². The molecule has 0 radical (unpaired) electrons. The molecule has 1 aliphatic rings. The lowest BCUT2D eigenvalue weighted by Crippen LogP contribution is -2.30. The lowest BCUT2D eigenvalue weighted by atomic mass is 9.94. The second-order valence-corrected chi connectivity index (χ2v) is 6.77. The van der Waals surface area contributed by atoms with Gasteiger partial charge in [0.15, 0.2) is 0 Å². The fraction of sp³-hybridized carbons (Fsp3) is 0.421. The van der Waals surface area contributed by atoms with Crippen LogP contribution in [0.25, 0.3) is 0 Å². The molecule has 1 aliphatic carbocycles. The van der Waals surface area contributed by atoms with E-state index in [2.05, 4.69) is 4.98 Å². The molecule has 1 heterocycles. The van der Waals surface area contributed by atoms with Crippen LogP contribution in [-0.4, -0.2) is 34.3 Å². The number of aliphatic carboxylic acids is 1. The highest BCUT2D eigenvalue weighted by Crippen LogP contribution is 2.54. The van der Waals surface area contributed by atoms with E-state index in [1.54, 1.807) is 19.9 Å². The van der Waals surface area contributed by atoms with E-state index in [0.29, 0.717) is 23.5 Å². The topological polar surface area (TPSA) is 90.7 Å². The van der Waals surface area contributed by atoms with Crippen LogP contribution in [0.3, 0.4) is 0 Å². The van der Waals surface area contributed by atoms with Gasteiger partial charge in [-0.2, -0.15) is 0 Å². The van der Waals surface area contributed by atoms with Crippen molar-refractivity contribution in [3.8, 4) is 5.75 Å². The summed E-state index contributed by atoms with van der Waals surface area (Å²) in [5, 5.41) is 9.43. The Morgan fingerprint density at radius 1 is 1.44 bits per heavy atom. The highest BCUT2D eigenvalue weighted by molar-refractivity contribution is 5.77. The van der Waals surface area contributed by atoms with E-state index in [4.69, 9.17) is 9.47 Å². The van der Waals surface area contributed by atoms with E-state index in [1.165, 1.54) is 29.9 Å². The molecule has 1 fully saturated rings. The minimum atomic E-state index is -0.974. The van der Waals surface area contributed by atoms with E-state index in [9.17, 15) is 19.1 Å². The second-order valence-electron chi connectivity index (χ2n) is 6.77. The second kappa shape index (κ2) is 7.11. The summed E-state index contributed by atoms with van der Waals surface area (Å²) in [4.78, 5) is 28.5. The van der Waals surface area contributed by atoms with Crippen molar-refractivity contribution >= 4 is 5.97 Å². The molecule has 8 heteroatoms. The Bertz CT molecular complexity index is 942. The van der Waals surface area contributed by atoms with Crippen molar-refractivity contribution < 1.29 is 23.8 Å². The zero-order valence-corrected chi connectivity index (χ0v) is 15.4. The van der Waals surface area contributed by atoms with E-state index < -0.39 is 28.7 Å². The molecule has 2 aromatic rings. The van der Waals surface area contributed by atoms with Gasteiger partial charge in [0, 0.05) is 12.5 Å². The number of rotatable bonds is 7. The van der Waals surface area contributed by atoms with Crippen LogP contribution in [-0.2, 0) is 21.7 Å². The Morgan fingerprint density at radius 2 is 2.19 bits per heavy atom. The van der Waals surface area contributed by atoms with Gasteiger partial charge in [0.1, 0.15) is 18.4 Å². The largest absolute Gasteiger partial charge is 0.486 e. The monoisotopic (exact) mass is 376 g/mol. The van der Waals surface area contributed by atoms with Crippen LogP contribution in [0, 0.1) is 25.6 Å². The van der Waals surface area contributed by atoms with Gasteiger partial charge in [0.05, 0.1) is 18.2 Å². The van der Waals surface area contributed by atoms with Gasteiger partial charge in [-0.15, -0.1) is 0 Å². The fourth-order valence-electron chi connectivity index (χ4n) is 3.42. The Morgan fingerprint density at radius 3 is 2.78 bits per heavy atom. The maximum Gasteiger partial charge on any atom is 0.307 e. The average molecular weight is 376 g/mol. The molecule has 1 aromatic carbocycles. The molecule has 2 atom stereocenters. The van der Waals surface area contributed by atoms with Gasteiger partial charge in [0.25, 0.3) is 5.56 Å². The first-order valence-corrected chi connectivity index (χ1v) is 8.49. The molecule has 0 saturated heterocycles. The molecule has 144 valence electrons. The Kier molecular flexibility index (Phi) is 5.01. The van der Waals surface area contributed by atoms with E-state index in [0.717, 1.165) is 0 Å². The lowest BCUT2D eigenvalue weighted by molar-refractivity contribution is -0.139. The molecule has 0 spiro atoms. The predicted molar refractivity (Wildman–Crippen MR) is 94.3 cm³/mol. The maximum atomic E-state index is 13.7. The maximum absolute atomic E-state index is 13.7. The summed E-state index contributed by atoms with van der Waals surface area (Å²) in [7, 11) is 1.47. The Hall–Kier alpha value is -2.74. The van der Waals surface area contributed by atoms with Gasteiger partial charge in [-0.3, -0.25) is 14.2 Å². The summed E-state index contributed by atoms with van der Waals surface area (Å²) < 4.78 is 25.8. The minimum Gasteiger partial charge on any atom is -0.486 e. The highest BCUT2D eigenvalue weighted by Gasteiger charge is 2.60. The van der Waals surface area contributed by atoms with Crippen LogP contribution in [0.4, 0.5) is 4.39 Å². The van der Waals surface area contributed by atoms with Crippen LogP contribution < -0.4 is 10.3 Å². The van der Waals surface area contributed by atoms with Gasteiger partial charge >= 0.3 is 5.97 Å².